The molecule has 0 spiro atoms. The van der Waals surface area contributed by atoms with Gasteiger partial charge < -0.3 is 14.8 Å². The predicted octanol–water partition coefficient (Wildman–Crippen LogP) is 2.92. The van der Waals surface area contributed by atoms with Crippen molar-refractivity contribution < 1.29 is 23.9 Å². The molecule has 27 heavy (non-hydrogen) atoms. The lowest BCUT2D eigenvalue weighted by molar-refractivity contribution is -0.123. The van der Waals surface area contributed by atoms with Gasteiger partial charge in [-0.1, -0.05) is 35.9 Å². The average molecular weight is 391 g/mol. The minimum atomic E-state index is -0.729. The highest BCUT2D eigenvalue weighted by Gasteiger charge is 2.16. The lowest BCUT2D eigenvalue weighted by Gasteiger charge is -2.11. The van der Waals surface area contributed by atoms with Gasteiger partial charge in [-0.15, -0.1) is 0 Å². The average Bonchev–Trinajstić information content (AvgIpc) is 2.66. The molecule has 2 rings (SSSR count). The van der Waals surface area contributed by atoms with Crippen LogP contribution in [0.3, 0.4) is 0 Å². The molecule has 0 aliphatic heterocycles. The molecule has 2 N–H and O–H groups in total. The maximum absolute atomic E-state index is 12.2. The molecular formula is C19H19ClN2O5. The number of carbonyl (C=O) groups excluding carboxylic acids is 3. The van der Waals surface area contributed by atoms with Gasteiger partial charge in [0.1, 0.15) is 17.9 Å². The monoisotopic (exact) mass is 390 g/mol. The van der Waals surface area contributed by atoms with Gasteiger partial charge in [0, 0.05) is 11.6 Å². The van der Waals surface area contributed by atoms with Crippen molar-refractivity contribution in [1.29, 1.82) is 0 Å². The van der Waals surface area contributed by atoms with E-state index in [0.29, 0.717) is 17.3 Å². The van der Waals surface area contributed by atoms with Crippen LogP contribution < -0.4 is 15.4 Å². The smallest absolute Gasteiger partial charge is 0.342 e. The Bertz CT molecular complexity index is 808. The fraction of sp³-hybridized carbons (Fsp3) is 0.211. The molecule has 0 heterocycles. The number of halogens is 1. The van der Waals surface area contributed by atoms with Crippen molar-refractivity contribution in [3.05, 3.63) is 64.7 Å². The number of imide groups is 1. The Morgan fingerprint density at radius 1 is 1.04 bits per heavy atom. The van der Waals surface area contributed by atoms with E-state index in [1.165, 1.54) is 6.07 Å². The molecular weight excluding hydrogens is 372 g/mol. The van der Waals surface area contributed by atoms with E-state index >= 15 is 0 Å². The zero-order valence-electron chi connectivity index (χ0n) is 14.7. The van der Waals surface area contributed by atoms with Crippen LogP contribution in [0.2, 0.25) is 5.02 Å². The number of urea groups is 1. The molecule has 0 unspecified atom stereocenters. The van der Waals surface area contributed by atoms with E-state index in [9.17, 15) is 14.4 Å². The molecule has 142 valence electrons. The van der Waals surface area contributed by atoms with Gasteiger partial charge in [-0.2, -0.15) is 0 Å². The number of benzene rings is 2. The summed E-state index contributed by atoms with van der Waals surface area (Å²) in [6.07, 6.45) is 0. The molecule has 2 aromatic rings. The number of hydrogen-bond acceptors (Lipinski definition) is 5. The van der Waals surface area contributed by atoms with E-state index in [4.69, 9.17) is 21.1 Å². The number of hydrogen-bond donors (Lipinski definition) is 2. The molecule has 0 aromatic heterocycles. The number of ether oxygens (including phenoxy) is 2. The quantitative estimate of drug-likeness (QED) is 0.709. The molecule has 0 radical (unpaired) electrons. The Morgan fingerprint density at radius 3 is 2.44 bits per heavy atom. The van der Waals surface area contributed by atoms with E-state index in [-0.39, 0.29) is 12.2 Å². The lowest BCUT2D eigenvalue weighted by atomic mass is 10.2. The second kappa shape index (κ2) is 10.2. The molecule has 0 aliphatic rings. The Hall–Kier alpha value is -3.06. The topological polar surface area (TPSA) is 93.7 Å². The number of carbonyl (C=O) groups is 3. The summed E-state index contributed by atoms with van der Waals surface area (Å²) in [4.78, 5) is 35.1. The fourth-order valence-electron chi connectivity index (χ4n) is 2.08. The number of rotatable bonds is 7. The van der Waals surface area contributed by atoms with Crippen LogP contribution in [-0.4, -0.2) is 31.1 Å². The third-order valence-corrected chi connectivity index (χ3v) is 3.59. The summed E-state index contributed by atoms with van der Waals surface area (Å²) >= 11 is 5.85. The number of nitrogens with one attached hydrogen (secondary N) is 2. The van der Waals surface area contributed by atoms with Crippen molar-refractivity contribution in [3.8, 4) is 5.75 Å². The van der Waals surface area contributed by atoms with Crippen molar-refractivity contribution >= 4 is 29.5 Å². The first kappa shape index (κ1) is 20.3. The van der Waals surface area contributed by atoms with Crippen molar-refractivity contribution in [1.82, 2.24) is 10.6 Å². The van der Waals surface area contributed by atoms with Crippen molar-refractivity contribution in [3.63, 3.8) is 0 Å². The van der Waals surface area contributed by atoms with Crippen LogP contribution in [0.1, 0.15) is 22.8 Å². The van der Waals surface area contributed by atoms with Gasteiger partial charge in [-0.25, -0.2) is 9.59 Å². The predicted molar refractivity (Wildman–Crippen MR) is 99.7 cm³/mol. The summed E-state index contributed by atoms with van der Waals surface area (Å²) in [7, 11) is 0. The van der Waals surface area contributed by atoms with E-state index in [2.05, 4.69) is 5.32 Å². The summed E-state index contributed by atoms with van der Waals surface area (Å²) in [5, 5.41) is 5.07. The SMILES string of the molecule is CCNC(=O)NC(=O)COC(=O)c1ccccc1OCc1ccc(Cl)cc1. The Morgan fingerprint density at radius 2 is 1.74 bits per heavy atom. The molecule has 0 atom stereocenters. The van der Waals surface area contributed by atoms with Gasteiger partial charge in [-0.05, 0) is 36.8 Å². The van der Waals surface area contributed by atoms with Gasteiger partial charge in [0.15, 0.2) is 6.61 Å². The fourth-order valence-corrected chi connectivity index (χ4v) is 2.21. The van der Waals surface area contributed by atoms with Gasteiger partial charge in [0.05, 0.1) is 0 Å². The first-order valence-corrected chi connectivity index (χ1v) is 8.58. The van der Waals surface area contributed by atoms with E-state index < -0.39 is 24.5 Å². The van der Waals surface area contributed by atoms with Gasteiger partial charge >= 0.3 is 12.0 Å². The van der Waals surface area contributed by atoms with Crippen LogP contribution in [0.4, 0.5) is 4.79 Å². The molecule has 0 saturated heterocycles. The van der Waals surface area contributed by atoms with E-state index in [1.54, 1.807) is 37.3 Å². The summed E-state index contributed by atoms with van der Waals surface area (Å²) in [5.74, 6) is -1.14. The standard InChI is InChI=1S/C19H19ClN2O5/c1-2-21-19(25)22-17(23)12-27-18(24)15-5-3-4-6-16(15)26-11-13-7-9-14(20)10-8-13/h3-10H,2,11-12H2,1H3,(H2,21,22,23,25). The largest absolute Gasteiger partial charge is 0.488 e. The van der Waals surface area contributed by atoms with Gasteiger partial charge in [0.25, 0.3) is 5.91 Å². The van der Waals surface area contributed by atoms with Crippen LogP contribution in [-0.2, 0) is 16.1 Å². The Balaban J connectivity index is 1.93. The summed E-state index contributed by atoms with van der Waals surface area (Å²) in [6.45, 7) is 1.74. The van der Waals surface area contributed by atoms with E-state index in [0.717, 1.165) is 5.56 Å². The highest BCUT2D eigenvalue weighted by Crippen LogP contribution is 2.21. The zero-order valence-corrected chi connectivity index (χ0v) is 15.4. The molecule has 3 amide bonds. The zero-order chi connectivity index (χ0) is 19.6. The third kappa shape index (κ3) is 6.63. The highest BCUT2D eigenvalue weighted by atomic mass is 35.5. The Labute approximate surface area is 161 Å². The molecule has 0 aliphatic carbocycles. The van der Waals surface area contributed by atoms with Crippen LogP contribution in [0.5, 0.6) is 5.75 Å². The normalized spacial score (nSPS) is 10.0. The van der Waals surface area contributed by atoms with Crippen LogP contribution in [0, 0.1) is 0 Å². The Kier molecular flexibility index (Phi) is 7.63. The van der Waals surface area contributed by atoms with Crippen molar-refractivity contribution in [2.75, 3.05) is 13.2 Å². The summed E-state index contributed by atoms with van der Waals surface area (Å²) in [6, 6.07) is 13.0. The first-order valence-electron chi connectivity index (χ1n) is 8.20. The van der Waals surface area contributed by atoms with Gasteiger partial charge in [-0.3, -0.25) is 10.1 Å². The number of esters is 1. The first-order chi connectivity index (χ1) is 13.0. The van der Waals surface area contributed by atoms with E-state index in [1.807, 2.05) is 17.4 Å². The minimum Gasteiger partial charge on any atom is -0.488 e. The van der Waals surface area contributed by atoms with Crippen LogP contribution >= 0.6 is 11.6 Å². The second-order valence-electron chi connectivity index (χ2n) is 5.40. The lowest BCUT2D eigenvalue weighted by Crippen LogP contribution is -2.41. The van der Waals surface area contributed by atoms with Crippen LogP contribution in [0.25, 0.3) is 0 Å². The van der Waals surface area contributed by atoms with Crippen molar-refractivity contribution in [2.24, 2.45) is 0 Å². The number of para-hydroxylation sites is 1. The summed E-state index contributed by atoms with van der Waals surface area (Å²) in [5.41, 5.74) is 1.06. The molecule has 0 saturated carbocycles. The molecule has 2 aromatic carbocycles. The maximum atomic E-state index is 12.2. The minimum absolute atomic E-state index is 0.178. The molecule has 8 heteroatoms. The molecule has 7 nitrogen and oxygen atoms in total. The molecule has 0 fully saturated rings. The summed E-state index contributed by atoms with van der Waals surface area (Å²) < 4.78 is 10.6. The second-order valence-corrected chi connectivity index (χ2v) is 5.83. The highest BCUT2D eigenvalue weighted by molar-refractivity contribution is 6.30. The van der Waals surface area contributed by atoms with Crippen molar-refractivity contribution in [2.45, 2.75) is 13.5 Å². The molecule has 0 bridgehead atoms. The number of amides is 3. The van der Waals surface area contributed by atoms with Crippen LogP contribution in [0.15, 0.2) is 48.5 Å². The third-order valence-electron chi connectivity index (χ3n) is 3.34. The maximum Gasteiger partial charge on any atom is 0.342 e. The van der Waals surface area contributed by atoms with Gasteiger partial charge in [0.2, 0.25) is 0 Å².